The fraction of sp³-hybridized carbons (Fsp3) is 0.308. The van der Waals surface area contributed by atoms with Gasteiger partial charge >= 0.3 is 5.97 Å². The fourth-order valence-corrected chi connectivity index (χ4v) is 1.82. The highest BCUT2D eigenvalue weighted by Gasteiger charge is 2.09. The number of phenolic OH excluding ortho intramolecular Hbond substituents is 1. The number of hydrogen-bond acceptors (Lipinski definition) is 2. The van der Waals surface area contributed by atoms with Crippen molar-refractivity contribution in [2.24, 2.45) is 0 Å². The SMILES string of the molecule is CCc1c(C=CC(=O)O)cc(C)c(O)c1C. The Labute approximate surface area is 95.0 Å². The summed E-state index contributed by atoms with van der Waals surface area (Å²) in [5.41, 5.74) is 3.44. The van der Waals surface area contributed by atoms with Crippen molar-refractivity contribution in [3.05, 3.63) is 34.4 Å². The van der Waals surface area contributed by atoms with Gasteiger partial charge in [0, 0.05) is 6.08 Å². The van der Waals surface area contributed by atoms with E-state index in [0.29, 0.717) is 5.75 Å². The van der Waals surface area contributed by atoms with Crippen LogP contribution in [0.1, 0.15) is 29.2 Å². The summed E-state index contributed by atoms with van der Waals surface area (Å²) in [6.45, 7) is 5.63. The Morgan fingerprint density at radius 1 is 1.44 bits per heavy atom. The van der Waals surface area contributed by atoms with Gasteiger partial charge in [-0.3, -0.25) is 0 Å². The Morgan fingerprint density at radius 2 is 2.06 bits per heavy atom. The maximum absolute atomic E-state index is 10.5. The average molecular weight is 220 g/mol. The summed E-state index contributed by atoms with van der Waals surface area (Å²) in [7, 11) is 0. The van der Waals surface area contributed by atoms with Gasteiger partial charge in [-0.05, 0) is 54.7 Å². The monoisotopic (exact) mass is 220 g/mol. The predicted octanol–water partition coefficient (Wildman–Crippen LogP) is 2.67. The lowest BCUT2D eigenvalue weighted by Gasteiger charge is -2.12. The molecule has 0 aliphatic rings. The zero-order valence-electron chi connectivity index (χ0n) is 9.74. The molecular weight excluding hydrogens is 204 g/mol. The second-order valence-electron chi connectivity index (χ2n) is 3.76. The predicted molar refractivity (Wildman–Crippen MR) is 63.6 cm³/mol. The van der Waals surface area contributed by atoms with Gasteiger partial charge in [0.2, 0.25) is 0 Å². The summed E-state index contributed by atoms with van der Waals surface area (Å²) in [6, 6.07) is 1.81. The maximum Gasteiger partial charge on any atom is 0.328 e. The molecule has 16 heavy (non-hydrogen) atoms. The standard InChI is InChI=1S/C13H16O3/c1-4-11-9(3)13(16)8(2)7-10(11)5-6-12(14)15/h5-7,16H,4H2,1-3H3,(H,14,15). The number of rotatable bonds is 3. The molecule has 0 fully saturated rings. The molecule has 1 aromatic rings. The van der Waals surface area contributed by atoms with Crippen LogP contribution in [0.15, 0.2) is 12.1 Å². The quantitative estimate of drug-likeness (QED) is 0.770. The lowest BCUT2D eigenvalue weighted by Crippen LogP contribution is -1.95. The zero-order chi connectivity index (χ0) is 12.3. The van der Waals surface area contributed by atoms with Gasteiger partial charge in [-0.2, -0.15) is 0 Å². The first-order valence-electron chi connectivity index (χ1n) is 5.20. The highest BCUT2D eigenvalue weighted by Crippen LogP contribution is 2.29. The molecule has 0 aliphatic heterocycles. The van der Waals surface area contributed by atoms with Gasteiger partial charge in [0.1, 0.15) is 5.75 Å². The van der Waals surface area contributed by atoms with E-state index in [0.717, 1.165) is 34.8 Å². The second kappa shape index (κ2) is 4.84. The molecule has 0 heterocycles. The van der Waals surface area contributed by atoms with Crippen molar-refractivity contribution in [3.8, 4) is 5.75 Å². The van der Waals surface area contributed by atoms with Crippen LogP contribution < -0.4 is 0 Å². The molecule has 0 aliphatic carbocycles. The van der Waals surface area contributed by atoms with E-state index in [4.69, 9.17) is 5.11 Å². The molecule has 0 radical (unpaired) electrons. The third kappa shape index (κ3) is 2.42. The minimum Gasteiger partial charge on any atom is -0.507 e. The average Bonchev–Trinajstić information content (AvgIpc) is 2.23. The summed E-state index contributed by atoms with van der Waals surface area (Å²) >= 11 is 0. The third-order valence-corrected chi connectivity index (χ3v) is 2.66. The van der Waals surface area contributed by atoms with E-state index in [1.807, 2.05) is 13.8 Å². The minimum absolute atomic E-state index is 0.296. The van der Waals surface area contributed by atoms with E-state index in [-0.39, 0.29) is 0 Å². The number of benzene rings is 1. The molecule has 0 spiro atoms. The van der Waals surface area contributed by atoms with Crippen LogP contribution in [0.25, 0.3) is 6.08 Å². The molecule has 1 rings (SSSR count). The normalized spacial score (nSPS) is 10.9. The number of hydrogen-bond donors (Lipinski definition) is 2. The number of aromatic hydroxyl groups is 1. The van der Waals surface area contributed by atoms with Crippen LogP contribution in [-0.4, -0.2) is 16.2 Å². The van der Waals surface area contributed by atoms with E-state index < -0.39 is 5.97 Å². The Hall–Kier alpha value is -1.77. The summed E-state index contributed by atoms with van der Waals surface area (Å²) in [6.07, 6.45) is 3.45. The molecule has 0 amide bonds. The van der Waals surface area contributed by atoms with Crippen LogP contribution >= 0.6 is 0 Å². The van der Waals surface area contributed by atoms with Crippen LogP contribution in [0.2, 0.25) is 0 Å². The van der Waals surface area contributed by atoms with Gasteiger partial charge in [0.25, 0.3) is 0 Å². The Balaban J connectivity index is 3.33. The number of aryl methyl sites for hydroxylation is 1. The summed E-state index contributed by atoms with van der Waals surface area (Å²) in [5.74, 6) is -0.672. The third-order valence-electron chi connectivity index (χ3n) is 2.66. The molecular formula is C13H16O3. The van der Waals surface area contributed by atoms with Gasteiger partial charge in [-0.25, -0.2) is 4.79 Å². The van der Waals surface area contributed by atoms with Gasteiger partial charge < -0.3 is 10.2 Å². The number of carboxylic acids is 1. The summed E-state index contributed by atoms with van der Waals surface area (Å²) in [4.78, 5) is 10.5. The number of carbonyl (C=O) groups is 1. The van der Waals surface area contributed by atoms with E-state index in [1.165, 1.54) is 0 Å². The van der Waals surface area contributed by atoms with Crippen LogP contribution in [0.5, 0.6) is 5.75 Å². The number of phenols is 1. The first-order chi connectivity index (χ1) is 7.47. The number of carboxylic acid groups (broad SMARTS) is 1. The van der Waals surface area contributed by atoms with Crippen LogP contribution in [0, 0.1) is 13.8 Å². The van der Waals surface area contributed by atoms with Gasteiger partial charge in [0.05, 0.1) is 0 Å². The Kier molecular flexibility index (Phi) is 3.72. The van der Waals surface area contributed by atoms with Crippen molar-refractivity contribution in [1.82, 2.24) is 0 Å². The topological polar surface area (TPSA) is 57.5 Å². The van der Waals surface area contributed by atoms with Crippen molar-refractivity contribution in [3.63, 3.8) is 0 Å². The lowest BCUT2D eigenvalue weighted by atomic mass is 9.95. The first kappa shape index (κ1) is 12.3. The molecule has 0 atom stereocenters. The van der Waals surface area contributed by atoms with Crippen molar-refractivity contribution in [2.75, 3.05) is 0 Å². The molecule has 1 aromatic carbocycles. The van der Waals surface area contributed by atoms with Crippen LogP contribution in [-0.2, 0) is 11.2 Å². The smallest absolute Gasteiger partial charge is 0.328 e. The van der Waals surface area contributed by atoms with Gasteiger partial charge in [0.15, 0.2) is 0 Å². The molecule has 0 aromatic heterocycles. The molecule has 3 nitrogen and oxygen atoms in total. The van der Waals surface area contributed by atoms with Crippen molar-refractivity contribution in [2.45, 2.75) is 27.2 Å². The molecule has 3 heteroatoms. The molecule has 0 unspecified atom stereocenters. The first-order valence-corrected chi connectivity index (χ1v) is 5.20. The van der Waals surface area contributed by atoms with E-state index in [2.05, 4.69) is 0 Å². The van der Waals surface area contributed by atoms with Crippen molar-refractivity contribution in [1.29, 1.82) is 0 Å². The summed E-state index contributed by atoms with van der Waals surface area (Å²) < 4.78 is 0. The summed E-state index contributed by atoms with van der Waals surface area (Å²) in [5, 5.41) is 18.4. The van der Waals surface area contributed by atoms with Crippen molar-refractivity contribution < 1.29 is 15.0 Å². The van der Waals surface area contributed by atoms with E-state index in [9.17, 15) is 9.90 Å². The van der Waals surface area contributed by atoms with Crippen LogP contribution in [0.3, 0.4) is 0 Å². The second-order valence-corrected chi connectivity index (χ2v) is 3.76. The fourth-order valence-electron chi connectivity index (χ4n) is 1.82. The van der Waals surface area contributed by atoms with Crippen LogP contribution in [0.4, 0.5) is 0 Å². The molecule has 0 saturated carbocycles. The minimum atomic E-state index is -0.967. The zero-order valence-corrected chi connectivity index (χ0v) is 9.74. The molecule has 86 valence electrons. The van der Waals surface area contributed by atoms with E-state index in [1.54, 1.807) is 19.1 Å². The highest BCUT2D eigenvalue weighted by atomic mass is 16.4. The van der Waals surface area contributed by atoms with Gasteiger partial charge in [-0.1, -0.05) is 6.92 Å². The Morgan fingerprint density at radius 3 is 2.56 bits per heavy atom. The van der Waals surface area contributed by atoms with Crippen molar-refractivity contribution >= 4 is 12.0 Å². The van der Waals surface area contributed by atoms with Gasteiger partial charge in [-0.15, -0.1) is 0 Å². The lowest BCUT2D eigenvalue weighted by molar-refractivity contribution is -0.131. The largest absolute Gasteiger partial charge is 0.507 e. The number of aliphatic carboxylic acids is 1. The molecule has 0 bridgehead atoms. The molecule has 2 N–H and O–H groups in total. The highest BCUT2D eigenvalue weighted by molar-refractivity contribution is 5.85. The Bertz CT molecular complexity index is 445. The van der Waals surface area contributed by atoms with E-state index >= 15 is 0 Å². The maximum atomic E-state index is 10.5. The molecule has 0 saturated heterocycles.